The number of aliphatic carboxylic acids is 3. The van der Waals surface area contributed by atoms with Crippen LogP contribution in [-0.2, 0) is 59.2 Å². The van der Waals surface area contributed by atoms with Crippen molar-refractivity contribution in [3.05, 3.63) is 18.2 Å². The number of rotatable bonds is 33. The fraction of sp³-hybridized carbons (Fsp3) is 0.689. The van der Waals surface area contributed by atoms with E-state index in [1.54, 1.807) is 55.4 Å². The van der Waals surface area contributed by atoms with E-state index in [4.69, 9.17) is 10.8 Å². The molecule has 0 aromatic carbocycles. The number of hydrogen-bond donors (Lipinski definition) is 15. The van der Waals surface area contributed by atoms with E-state index in [0.29, 0.717) is 5.69 Å². The Bertz CT molecular complexity index is 2020. The van der Waals surface area contributed by atoms with Crippen molar-refractivity contribution in [2.75, 3.05) is 6.61 Å². The molecule has 0 bridgehead atoms. The molecule has 27 nitrogen and oxygen atoms in total. The van der Waals surface area contributed by atoms with E-state index in [0.717, 1.165) is 6.92 Å². The number of imidazole rings is 1. The van der Waals surface area contributed by atoms with Crippen LogP contribution in [0.4, 0.5) is 0 Å². The molecule has 0 aliphatic carbocycles. The van der Waals surface area contributed by atoms with E-state index in [9.17, 15) is 73.2 Å². The van der Waals surface area contributed by atoms with Crippen molar-refractivity contribution in [1.29, 1.82) is 0 Å². The summed E-state index contributed by atoms with van der Waals surface area (Å²) in [6.45, 7) is 13.4. The summed E-state index contributed by atoms with van der Waals surface area (Å²) >= 11 is 0. The molecular formula is C45H75N11O16. The van der Waals surface area contributed by atoms with Gasteiger partial charge in [0.1, 0.15) is 48.3 Å². The molecular weight excluding hydrogens is 951 g/mol. The number of H-pyrrole nitrogens is 1. The molecule has 406 valence electrons. The zero-order valence-electron chi connectivity index (χ0n) is 42.1. The Morgan fingerprint density at radius 3 is 1.53 bits per heavy atom. The van der Waals surface area contributed by atoms with Gasteiger partial charge >= 0.3 is 17.9 Å². The third kappa shape index (κ3) is 22.1. The molecule has 1 aromatic rings. The highest BCUT2D eigenvalue weighted by Crippen LogP contribution is 2.14. The van der Waals surface area contributed by atoms with Crippen LogP contribution in [0.15, 0.2) is 12.5 Å². The average molecular weight is 1030 g/mol. The van der Waals surface area contributed by atoms with Gasteiger partial charge in [-0.1, -0.05) is 61.8 Å². The third-order valence-corrected chi connectivity index (χ3v) is 11.2. The SMILES string of the molecule is CC[C@H](C)[C@H](NC(=O)[C@@H](NC(=O)[C@H](CC(C)C)NC(=O)[C@H](CO)NC(=O)[C@H](Cc1cnc[nH]1)NC(=O)[C@@H](N)CCC(=O)O)C(C)C)C(=O)N[C@@H](CC(=O)O)C(=O)N[C@H](C(=O)N[C@@H](CC(C)C)C(=O)O)[C@@H](C)O. The highest BCUT2D eigenvalue weighted by Gasteiger charge is 2.38. The van der Waals surface area contributed by atoms with Gasteiger partial charge in [-0.25, -0.2) is 9.78 Å². The lowest BCUT2D eigenvalue weighted by atomic mass is 9.95. The number of aliphatic hydroxyl groups excluding tert-OH is 2. The summed E-state index contributed by atoms with van der Waals surface area (Å²) in [4.78, 5) is 150. The predicted molar refractivity (Wildman–Crippen MR) is 254 cm³/mol. The molecule has 11 atom stereocenters. The summed E-state index contributed by atoms with van der Waals surface area (Å²) in [6, 6.07) is -13.7. The first-order chi connectivity index (χ1) is 33.5. The Kier molecular flexibility index (Phi) is 27.1. The van der Waals surface area contributed by atoms with Crippen LogP contribution in [0.2, 0.25) is 0 Å². The van der Waals surface area contributed by atoms with E-state index in [2.05, 4.69) is 52.5 Å². The first kappa shape index (κ1) is 63.3. The molecule has 8 amide bonds. The number of amides is 8. The maximum atomic E-state index is 14.0. The van der Waals surface area contributed by atoms with Crippen LogP contribution < -0.4 is 48.3 Å². The third-order valence-electron chi connectivity index (χ3n) is 11.2. The maximum Gasteiger partial charge on any atom is 0.326 e. The van der Waals surface area contributed by atoms with E-state index in [1.165, 1.54) is 12.5 Å². The van der Waals surface area contributed by atoms with E-state index >= 15 is 0 Å². The minimum atomic E-state index is -1.89. The molecule has 1 rings (SSSR count). The molecule has 0 radical (unpaired) electrons. The van der Waals surface area contributed by atoms with Gasteiger partial charge in [0.25, 0.3) is 0 Å². The van der Waals surface area contributed by atoms with Gasteiger partial charge < -0.3 is 78.8 Å². The van der Waals surface area contributed by atoms with Crippen molar-refractivity contribution in [3.8, 4) is 0 Å². The molecule has 0 spiro atoms. The second-order valence-corrected chi connectivity index (χ2v) is 18.8. The molecule has 27 heteroatoms. The largest absolute Gasteiger partial charge is 0.481 e. The summed E-state index contributed by atoms with van der Waals surface area (Å²) in [7, 11) is 0. The lowest BCUT2D eigenvalue weighted by Crippen LogP contribution is -2.63. The van der Waals surface area contributed by atoms with Gasteiger partial charge in [0.15, 0.2) is 0 Å². The molecule has 0 aliphatic heterocycles. The lowest BCUT2D eigenvalue weighted by molar-refractivity contribution is -0.144. The van der Waals surface area contributed by atoms with Crippen LogP contribution in [0.3, 0.4) is 0 Å². The van der Waals surface area contributed by atoms with Crippen molar-refractivity contribution < 1.29 is 78.3 Å². The maximum absolute atomic E-state index is 14.0. The van der Waals surface area contributed by atoms with Gasteiger partial charge in [-0.15, -0.1) is 0 Å². The van der Waals surface area contributed by atoms with Crippen molar-refractivity contribution in [2.24, 2.45) is 29.4 Å². The number of carbonyl (C=O) groups is 11. The normalized spacial score (nSPS) is 15.9. The molecule has 0 aliphatic rings. The zero-order valence-corrected chi connectivity index (χ0v) is 42.1. The number of aromatic amines is 1. The van der Waals surface area contributed by atoms with Crippen molar-refractivity contribution in [2.45, 2.75) is 168 Å². The van der Waals surface area contributed by atoms with Gasteiger partial charge in [-0.05, 0) is 49.9 Å². The predicted octanol–water partition coefficient (Wildman–Crippen LogP) is -3.25. The summed E-state index contributed by atoms with van der Waals surface area (Å²) < 4.78 is 0. The Morgan fingerprint density at radius 2 is 1.04 bits per heavy atom. The Hall–Kier alpha value is -6.74. The standard InChI is InChI=1S/C45H75N11O16/c1-10-23(8)35(43(69)51-29(16-33(61)62)40(66)56-36(24(9)58)44(70)52-30(45(71)72)14-21(4)5)55-42(68)34(22(6)7)54-39(65)27(13-20(2)3)50-41(67)31(18-57)53-38(64)28(15-25-17-47-19-48-25)49-37(63)26(46)11-12-32(59)60/h17,19-24,26-31,34-36,57-58H,10-16,18,46H2,1-9H3,(H,47,48)(H,49,63)(H,50,67)(H,51,69)(H,52,70)(H,53,64)(H,54,65)(H,55,68)(H,56,66)(H,59,60)(H,61,62)(H,71,72)/t23-,24+,26-,27-,28-,29-,30-,31-,34-,35-,36-/m0/s1. The van der Waals surface area contributed by atoms with Crippen LogP contribution in [0, 0.1) is 23.7 Å². The van der Waals surface area contributed by atoms with Crippen LogP contribution >= 0.6 is 0 Å². The smallest absolute Gasteiger partial charge is 0.326 e. The minimum absolute atomic E-state index is 0.00254. The number of hydrogen-bond acceptors (Lipinski definition) is 15. The number of carboxylic acid groups (broad SMARTS) is 3. The van der Waals surface area contributed by atoms with E-state index < -0.39 is 157 Å². The molecule has 1 heterocycles. The number of nitrogens with one attached hydrogen (secondary N) is 9. The van der Waals surface area contributed by atoms with Crippen molar-refractivity contribution >= 4 is 65.2 Å². The van der Waals surface area contributed by atoms with Crippen LogP contribution in [0.25, 0.3) is 0 Å². The molecule has 1 aromatic heterocycles. The number of nitrogens with zero attached hydrogens (tertiary/aromatic N) is 1. The number of carbonyl (C=O) groups excluding carboxylic acids is 8. The molecule has 0 unspecified atom stereocenters. The van der Waals surface area contributed by atoms with Gasteiger partial charge in [-0.2, -0.15) is 0 Å². The monoisotopic (exact) mass is 1030 g/mol. The van der Waals surface area contributed by atoms with Crippen molar-refractivity contribution in [3.63, 3.8) is 0 Å². The second-order valence-electron chi connectivity index (χ2n) is 18.8. The summed E-state index contributed by atoms with van der Waals surface area (Å²) in [5, 5.41) is 68.0. The molecule has 0 fully saturated rings. The van der Waals surface area contributed by atoms with Gasteiger partial charge in [-0.3, -0.25) is 47.9 Å². The average Bonchev–Trinajstić information content (AvgIpc) is 3.80. The van der Waals surface area contributed by atoms with Crippen LogP contribution in [0.1, 0.15) is 107 Å². The number of nitrogens with two attached hydrogens (primary N) is 1. The topological polar surface area (TPSA) is 440 Å². The van der Waals surface area contributed by atoms with Gasteiger partial charge in [0, 0.05) is 24.7 Å². The first-order valence-electron chi connectivity index (χ1n) is 23.6. The minimum Gasteiger partial charge on any atom is -0.481 e. The molecule has 0 saturated heterocycles. The summed E-state index contributed by atoms with van der Waals surface area (Å²) in [6.07, 6.45) is -0.624. The molecule has 16 N–H and O–H groups in total. The first-order valence-corrected chi connectivity index (χ1v) is 23.6. The highest BCUT2D eigenvalue weighted by atomic mass is 16.4. The Labute approximate surface area is 417 Å². The fourth-order valence-electron chi connectivity index (χ4n) is 6.95. The van der Waals surface area contributed by atoms with Crippen LogP contribution in [0.5, 0.6) is 0 Å². The lowest BCUT2D eigenvalue weighted by Gasteiger charge is -2.31. The molecule has 0 saturated carbocycles. The Balaban J connectivity index is 3.34. The van der Waals surface area contributed by atoms with Gasteiger partial charge in [0.2, 0.25) is 47.3 Å². The zero-order chi connectivity index (χ0) is 55.2. The number of aliphatic hydroxyl groups is 2. The van der Waals surface area contributed by atoms with Gasteiger partial charge in [0.05, 0.1) is 31.5 Å². The fourth-order valence-corrected chi connectivity index (χ4v) is 6.95. The van der Waals surface area contributed by atoms with Crippen molar-refractivity contribution in [1.82, 2.24) is 52.5 Å². The quantitative estimate of drug-likeness (QED) is 0.0329. The molecule has 72 heavy (non-hydrogen) atoms. The number of carboxylic acids is 3. The summed E-state index contributed by atoms with van der Waals surface area (Å²) in [5.41, 5.74) is 6.21. The van der Waals surface area contributed by atoms with E-state index in [1.807, 2.05) is 0 Å². The number of aromatic nitrogens is 2. The van der Waals surface area contributed by atoms with E-state index in [-0.39, 0.29) is 43.9 Å². The Morgan fingerprint density at radius 1 is 0.583 bits per heavy atom. The highest BCUT2D eigenvalue weighted by molar-refractivity contribution is 5.99. The van der Waals surface area contributed by atoms with Crippen LogP contribution in [-0.4, -0.2) is 168 Å². The summed E-state index contributed by atoms with van der Waals surface area (Å²) in [5.74, 6) is -14.0. The second kappa shape index (κ2) is 30.9.